The number of benzene rings is 1. The SMILES string of the molecule is CCc1ccc(NC(=O)C2(N)CCCC2)cc1. The van der Waals surface area contributed by atoms with Gasteiger partial charge in [-0.1, -0.05) is 31.9 Å². The largest absolute Gasteiger partial charge is 0.324 e. The molecule has 1 aromatic carbocycles. The van der Waals surface area contributed by atoms with Gasteiger partial charge in [-0.05, 0) is 37.0 Å². The summed E-state index contributed by atoms with van der Waals surface area (Å²) in [7, 11) is 0. The monoisotopic (exact) mass is 232 g/mol. The molecule has 17 heavy (non-hydrogen) atoms. The normalized spacial score (nSPS) is 18.0. The second-order valence-electron chi connectivity index (χ2n) is 4.87. The number of hydrogen-bond acceptors (Lipinski definition) is 2. The first-order valence-corrected chi connectivity index (χ1v) is 6.33. The van der Waals surface area contributed by atoms with Crippen molar-refractivity contribution in [2.24, 2.45) is 5.73 Å². The van der Waals surface area contributed by atoms with E-state index >= 15 is 0 Å². The lowest BCUT2D eigenvalue weighted by atomic mass is 9.98. The van der Waals surface area contributed by atoms with Gasteiger partial charge in [0.25, 0.3) is 0 Å². The average molecular weight is 232 g/mol. The van der Waals surface area contributed by atoms with Crippen LogP contribution in [0.15, 0.2) is 24.3 Å². The maximum absolute atomic E-state index is 12.1. The summed E-state index contributed by atoms with van der Waals surface area (Å²) in [5, 5.41) is 2.91. The Morgan fingerprint density at radius 1 is 1.29 bits per heavy atom. The Morgan fingerprint density at radius 3 is 2.41 bits per heavy atom. The van der Waals surface area contributed by atoms with Gasteiger partial charge in [0, 0.05) is 5.69 Å². The van der Waals surface area contributed by atoms with Gasteiger partial charge in [0.1, 0.15) is 0 Å². The Labute approximate surface area is 102 Å². The van der Waals surface area contributed by atoms with Crippen LogP contribution in [0.1, 0.15) is 38.2 Å². The number of nitrogens with one attached hydrogen (secondary N) is 1. The zero-order chi connectivity index (χ0) is 12.3. The fraction of sp³-hybridized carbons (Fsp3) is 0.500. The molecule has 0 aromatic heterocycles. The lowest BCUT2D eigenvalue weighted by Crippen LogP contribution is -2.48. The van der Waals surface area contributed by atoms with Crippen LogP contribution in [0.4, 0.5) is 5.69 Å². The third-order valence-corrected chi connectivity index (χ3v) is 3.57. The van der Waals surface area contributed by atoms with Crippen molar-refractivity contribution in [1.82, 2.24) is 0 Å². The van der Waals surface area contributed by atoms with Gasteiger partial charge in [0.2, 0.25) is 5.91 Å². The lowest BCUT2D eigenvalue weighted by Gasteiger charge is -2.22. The van der Waals surface area contributed by atoms with E-state index in [1.54, 1.807) is 0 Å². The summed E-state index contributed by atoms with van der Waals surface area (Å²) in [4.78, 5) is 12.1. The number of carbonyl (C=O) groups is 1. The van der Waals surface area contributed by atoms with Crippen molar-refractivity contribution in [2.45, 2.75) is 44.6 Å². The van der Waals surface area contributed by atoms with Crippen molar-refractivity contribution in [3.8, 4) is 0 Å². The number of hydrogen-bond donors (Lipinski definition) is 2. The van der Waals surface area contributed by atoms with Crippen molar-refractivity contribution in [3.63, 3.8) is 0 Å². The van der Waals surface area contributed by atoms with Crippen molar-refractivity contribution in [3.05, 3.63) is 29.8 Å². The molecule has 3 nitrogen and oxygen atoms in total. The molecule has 1 saturated carbocycles. The van der Waals surface area contributed by atoms with Crippen LogP contribution >= 0.6 is 0 Å². The minimum Gasteiger partial charge on any atom is -0.324 e. The highest BCUT2D eigenvalue weighted by Gasteiger charge is 2.36. The third kappa shape index (κ3) is 2.67. The molecule has 1 aliphatic rings. The lowest BCUT2D eigenvalue weighted by molar-refractivity contribution is -0.121. The number of carbonyl (C=O) groups excluding carboxylic acids is 1. The van der Waals surface area contributed by atoms with E-state index in [0.717, 1.165) is 37.8 Å². The average Bonchev–Trinajstić information content (AvgIpc) is 2.78. The highest BCUT2D eigenvalue weighted by Crippen LogP contribution is 2.28. The van der Waals surface area contributed by atoms with E-state index in [1.165, 1.54) is 5.56 Å². The zero-order valence-electron chi connectivity index (χ0n) is 10.3. The van der Waals surface area contributed by atoms with Gasteiger partial charge < -0.3 is 11.1 Å². The Hall–Kier alpha value is -1.35. The van der Waals surface area contributed by atoms with E-state index in [2.05, 4.69) is 12.2 Å². The maximum Gasteiger partial charge on any atom is 0.244 e. The minimum absolute atomic E-state index is 0.0424. The van der Waals surface area contributed by atoms with E-state index in [-0.39, 0.29) is 5.91 Å². The molecule has 0 atom stereocenters. The van der Waals surface area contributed by atoms with Crippen LogP contribution in [0.2, 0.25) is 0 Å². The second-order valence-corrected chi connectivity index (χ2v) is 4.87. The molecule has 1 aliphatic carbocycles. The molecule has 0 spiro atoms. The van der Waals surface area contributed by atoms with Crippen LogP contribution in [0.5, 0.6) is 0 Å². The standard InChI is InChI=1S/C14H20N2O/c1-2-11-5-7-12(8-6-11)16-13(17)14(15)9-3-4-10-14/h5-8H,2-4,9-10,15H2,1H3,(H,16,17). The predicted octanol–water partition coefficient (Wildman–Crippen LogP) is 2.46. The van der Waals surface area contributed by atoms with Crippen LogP contribution < -0.4 is 11.1 Å². The first kappa shape index (κ1) is 12.1. The molecule has 0 aliphatic heterocycles. The van der Waals surface area contributed by atoms with Gasteiger partial charge in [0.15, 0.2) is 0 Å². The Kier molecular flexibility index (Phi) is 3.48. The summed E-state index contributed by atoms with van der Waals surface area (Å²) < 4.78 is 0. The number of rotatable bonds is 3. The molecule has 3 heteroatoms. The molecule has 1 amide bonds. The van der Waals surface area contributed by atoms with Crippen LogP contribution in [0, 0.1) is 0 Å². The molecule has 3 N–H and O–H groups in total. The van der Waals surface area contributed by atoms with E-state index in [4.69, 9.17) is 5.73 Å². The van der Waals surface area contributed by atoms with Crippen LogP contribution in [0.25, 0.3) is 0 Å². The summed E-state index contributed by atoms with van der Waals surface area (Å²) in [6.45, 7) is 2.11. The molecule has 0 saturated heterocycles. The molecular weight excluding hydrogens is 212 g/mol. The fourth-order valence-corrected chi connectivity index (χ4v) is 2.31. The van der Waals surface area contributed by atoms with Crippen LogP contribution in [0.3, 0.4) is 0 Å². The van der Waals surface area contributed by atoms with Crippen molar-refractivity contribution < 1.29 is 4.79 Å². The minimum atomic E-state index is -0.649. The summed E-state index contributed by atoms with van der Waals surface area (Å²) >= 11 is 0. The van der Waals surface area contributed by atoms with E-state index in [9.17, 15) is 4.79 Å². The molecule has 1 fully saturated rings. The van der Waals surface area contributed by atoms with Crippen molar-refractivity contribution in [1.29, 1.82) is 0 Å². The Bertz CT molecular complexity index is 391. The Morgan fingerprint density at radius 2 is 1.88 bits per heavy atom. The van der Waals surface area contributed by atoms with E-state index in [0.29, 0.717) is 0 Å². The van der Waals surface area contributed by atoms with E-state index < -0.39 is 5.54 Å². The quantitative estimate of drug-likeness (QED) is 0.841. The first-order chi connectivity index (χ1) is 8.14. The molecule has 0 radical (unpaired) electrons. The zero-order valence-corrected chi connectivity index (χ0v) is 10.3. The second kappa shape index (κ2) is 4.88. The molecule has 2 rings (SSSR count). The molecular formula is C14H20N2O. The molecule has 0 bridgehead atoms. The molecule has 0 unspecified atom stereocenters. The predicted molar refractivity (Wildman–Crippen MR) is 69.8 cm³/mol. The van der Waals surface area contributed by atoms with Gasteiger partial charge in [-0.15, -0.1) is 0 Å². The molecule has 1 aromatic rings. The number of amides is 1. The highest BCUT2D eigenvalue weighted by atomic mass is 16.2. The van der Waals surface area contributed by atoms with Gasteiger partial charge in [-0.3, -0.25) is 4.79 Å². The fourth-order valence-electron chi connectivity index (χ4n) is 2.31. The summed E-state index contributed by atoms with van der Waals surface area (Å²) in [6, 6.07) is 7.95. The number of aryl methyl sites for hydroxylation is 1. The van der Waals surface area contributed by atoms with Gasteiger partial charge in [0.05, 0.1) is 5.54 Å². The summed E-state index contributed by atoms with van der Waals surface area (Å²) in [6.07, 6.45) is 4.71. The number of nitrogens with two attached hydrogens (primary N) is 1. The van der Waals surface area contributed by atoms with Crippen LogP contribution in [-0.4, -0.2) is 11.4 Å². The van der Waals surface area contributed by atoms with Crippen LogP contribution in [-0.2, 0) is 11.2 Å². The first-order valence-electron chi connectivity index (χ1n) is 6.33. The number of anilines is 1. The topological polar surface area (TPSA) is 55.1 Å². The summed E-state index contributed by atoms with van der Waals surface area (Å²) in [5.74, 6) is -0.0424. The van der Waals surface area contributed by atoms with Crippen molar-refractivity contribution >= 4 is 11.6 Å². The summed E-state index contributed by atoms with van der Waals surface area (Å²) in [5.41, 5.74) is 7.55. The molecule has 0 heterocycles. The van der Waals surface area contributed by atoms with Crippen molar-refractivity contribution in [2.75, 3.05) is 5.32 Å². The smallest absolute Gasteiger partial charge is 0.244 e. The van der Waals surface area contributed by atoms with E-state index in [1.807, 2.05) is 24.3 Å². The molecule has 92 valence electrons. The van der Waals surface area contributed by atoms with Gasteiger partial charge in [-0.2, -0.15) is 0 Å². The van der Waals surface area contributed by atoms with Gasteiger partial charge >= 0.3 is 0 Å². The highest BCUT2D eigenvalue weighted by molar-refractivity contribution is 5.98. The third-order valence-electron chi connectivity index (χ3n) is 3.57. The Balaban J connectivity index is 2.02. The maximum atomic E-state index is 12.1. The van der Waals surface area contributed by atoms with Gasteiger partial charge in [-0.25, -0.2) is 0 Å².